The van der Waals surface area contributed by atoms with Crippen molar-refractivity contribution in [3.63, 3.8) is 0 Å². The van der Waals surface area contributed by atoms with Gasteiger partial charge in [0.1, 0.15) is 5.76 Å². The van der Waals surface area contributed by atoms with Crippen molar-refractivity contribution >= 4 is 21.6 Å². The fourth-order valence-corrected chi connectivity index (χ4v) is 4.73. The van der Waals surface area contributed by atoms with E-state index in [-0.39, 0.29) is 0 Å². The summed E-state index contributed by atoms with van der Waals surface area (Å²) in [5.74, 6) is 2.46. The largest absolute Gasteiger partial charge is 0.457 e. The standard InChI is InChI=1S/C22H30N4OS/c1-3-25-10-12-26(13-11-25)16-17(2)14-23-15-18-8-9-20(27-18)22-24-19-6-4-5-7-21(19)28-22/h4-9,17,23H,3,10-16H2,1-2H3. The molecule has 1 N–H and O–H groups in total. The SMILES string of the molecule is CCN1CCN(CC(C)CNCc2ccc(-c3nc4ccccc4s3)o2)CC1. The number of fused-ring (bicyclic) bond motifs is 1. The molecule has 1 aliphatic rings. The summed E-state index contributed by atoms with van der Waals surface area (Å²) >= 11 is 1.68. The maximum absolute atomic E-state index is 6.02. The van der Waals surface area contributed by atoms with Crippen LogP contribution in [0.5, 0.6) is 0 Å². The van der Waals surface area contributed by atoms with Gasteiger partial charge in [-0.25, -0.2) is 4.98 Å². The summed E-state index contributed by atoms with van der Waals surface area (Å²) in [5, 5.41) is 4.51. The highest BCUT2D eigenvalue weighted by atomic mass is 32.1. The first-order chi connectivity index (χ1) is 13.7. The van der Waals surface area contributed by atoms with Crippen molar-refractivity contribution < 1.29 is 4.42 Å². The molecule has 28 heavy (non-hydrogen) atoms. The van der Waals surface area contributed by atoms with Crippen LogP contribution in [0.4, 0.5) is 0 Å². The van der Waals surface area contributed by atoms with Crippen LogP contribution in [0.3, 0.4) is 0 Å². The maximum Gasteiger partial charge on any atom is 0.163 e. The predicted molar refractivity (Wildman–Crippen MR) is 117 cm³/mol. The minimum atomic E-state index is 0.631. The lowest BCUT2D eigenvalue weighted by Gasteiger charge is -2.35. The Morgan fingerprint density at radius 2 is 1.89 bits per heavy atom. The predicted octanol–water partition coefficient (Wildman–Crippen LogP) is 3.92. The summed E-state index contributed by atoms with van der Waals surface area (Å²) in [6, 6.07) is 12.3. The van der Waals surface area contributed by atoms with E-state index in [0.717, 1.165) is 35.1 Å². The van der Waals surface area contributed by atoms with Gasteiger partial charge in [0, 0.05) is 32.7 Å². The molecule has 1 aliphatic heterocycles. The monoisotopic (exact) mass is 398 g/mol. The third-order valence-corrected chi connectivity index (χ3v) is 6.49. The van der Waals surface area contributed by atoms with Crippen LogP contribution in [0.1, 0.15) is 19.6 Å². The molecular weight excluding hydrogens is 368 g/mol. The number of piperazine rings is 1. The average molecular weight is 399 g/mol. The van der Waals surface area contributed by atoms with Gasteiger partial charge in [0.25, 0.3) is 0 Å². The molecule has 3 heterocycles. The second kappa shape index (κ2) is 9.18. The van der Waals surface area contributed by atoms with E-state index in [0.29, 0.717) is 5.92 Å². The highest BCUT2D eigenvalue weighted by Crippen LogP contribution is 2.31. The van der Waals surface area contributed by atoms with E-state index in [2.05, 4.69) is 46.1 Å². The van der Waals surface area contributed by atoms with E-state index in [1.807, 2.05) is 24.3 Å². The molecule has 0 saturated carbocycles. The Labute approximate surface area is 171 Å². The van der Waals surface area contributed by atoms with Crippen molar-refractivity contribution in [2.75, 3.05) is 45.8 Å². The lowest BCUT2D eigenvalue weighted by Crippen LogP contribution is -2.48. The smallest absolute Gasteiger partial charge is 0.163 e. The molecule has 2 aromatic heterocycles. The third-order valence-electron chi connectivity index (χ3n) is 5.44. The molecular formula is C22H30N4OS. The Bertz CT molecular complexity index is 848. The molecule has 1 aromatic carbocycles. The number of likely N-dealkylation sites (N-methyl/N-ethyl adjacent to an activating group) is 1. The lowest BCUT2D eigenvalue weighted by molar-refractivity contribution is 0.124. The molecule has 6 heteroatoms. The van der Waals surface area contributed by atoms with Crippen molar-refractivity contribution in [3.8, 4) is 10.8 Å². The van der Waals surface area contributed by atoms with Crippen LogP contribution in [0.2, 0.25) is 0 Å². The molecule has 150 valence electrons. The van der Waals surface area contributed by atoms with Gasteiger partial charge in [-0.15, -0.1) is 11.3 Å². The topological polar surface area (TPSA) is 44.5 Å². The van der Waals surface area contributed by atoms with Crippen LogP contribution < -0.4 is 5.32 Å². The summed E-state index contributed by atoms with van der Waals surface area (Å²) in [6.07, 6.45) is 0. The number of nitrogens with one attached hydrogen (secondary N) is 1. The lowest BCUT2D eigenvalue weighted by atomic mass is 10.1. The van der Waals surface area contributed by atoms with Gasteiger partial charge in [-0.05, 0) is 43.3 Å². The number of benzene rings is 1. The van der Waals surface area contributed by atoms with Crippen LogP contribution in [-0.4, -0.2) is 60.6 Å². The van der Waals surface area contributed by atoms with Gasteiger partial charge in [-0.2, -0.15) is 0 Å². The molecule has 1 unspecified atom stereocenters. The van der Waals surface area contributed by atoms with Gasteiger partial charge >= 0.3 is 0 Å². The summed E-state index contributed by atoms with van der Waals surface area (Å²) in [7, 11) is 0. The summed E-state index contributed by atoms with van der Waals surface area (Å²) < 4.78 is 7.22. The Balaban J connectivity index is 1.23. The van der Waals surface area contributed by atoms with Crippen LogP contribution in [0, 0.1) is 5.92 Å². The van der Waals surface area contributed by atoms with Crippen molar-refractivity contribution in [1.29, 1.82) is 0 Å². The van der Waals surface area contributed by atoms with E-state index in [4.69, 9.17) is 4.42 Å². The van der Waals surface area contributed by atoms with Gasteiger partial charge in [0.15, 0.2) is 10.8 Å². The quantitative estimate of drug-likeness (QED) is 0.623. The first-order valence-electron chi connectivity index (χ1n) is 10.3. The highest BCUT2D eigenvalue weighted by Gasteiger charge is 2.17. The zero-order valence-corrected chi connectivity index (χ0v) is 17.7. The van der Waals surface area contributed by atoms with Gasteiger partial charge in [0.2, 0.25) is 0 Å². The van der Waals surface area contributed by atoms with Gasteiger partial charge in [-0.3, -0.25) is 0 Å². The normalized spacial score (nSPS) is 17.4. The maximum atomic E-state index is 6.02. The Morgan fingerprint density at radius 1 is 1.11 bits per heavy atom. The van der Waals surface area contributed by atoms with Crippen molar-refractivity contribution in [2.24, 2.45) is 5.92 Å². The molecule has 0 spiro atoms. The summed E-state index contributed by atoms with van der Waals surface area (Å²) in [5.41, 5.74) is 1.03. The first-order valence-corrected chi connectivity index (χ1v) is 11.1. The minimum Gasteiger partial charge on any atom is -0.457 e. The van der Waals surface area contributed by atoms with Crippen molar-refractivity contribution in [1.82, 2.24) is 20.1 Å². The van der Waals surface area contributed by atoms with E-state index < -0.39 is 0 Å². The third kappa shape index (κ3) is 4.81. The van der Waals surface area contributed by atoms with Crippen LogP contribution in [0.15, 0.2) is 40.8 Å². The molecule has 3 aromatic rings. The highest BCUT2D eigenvalue weighted by molar-refractivity contribution is 7.21. The second-order valence-electron chi connectivity index (χ2n) is 7.72. The van der Waals surface area contributed by atoms with E-state index in [1.165, 1.54) is 44.0 Å². The van der Waals surface area contributed by atoms with E-state index >= 15 is 0 Å². The molecule has 0 amide bonds. The zero-order valence-electron chi connectivity index (χ0n) is 16.9. The van der Waals surface area contributed by atoms with Crippen LogP contribution >= 0.6 is 11.3 Å². The van der Waals surface area contributed by atoms with Crippen LogP contribution in [0.25, 0.3) is 21.0 Å². The molecule has 0 bridgehead atoms. The molecule has 5 nitrogen and oxygen atoms in total. The van der Waals surface area contributed by atoms with Crippen LogP contribution in [-0.2, 0) is 6.54 Å². The molecule has 4 rings (SSSR count). The molecule has 0 radical (unpaired) electrons. The van der Waals surface area contributed by atoms with E-state index in [1.54, 1.807) is 11.3 Å². The Morgan fingerprint density at radius 3 is 2.68 bits per heavy atom. The fourth-order valence-electron chi connectivity index (χ4n) is 3.80. The molecule has 1 atom stereocenters. The first kappa shape index (κ1) is 19.6. The molecule has 0 aliphatic carbocycles. The number of aromatic nitrogens is 1. The fraction of sp³-hybridized carbons (Fsp3) is 0.500. The number of hydrogen-bond donors (Lipinski definition) is 1. The number of nitrogens with zero attached hydrogens (tertiary/aromatic N) is 3. The summed E-state index contributed by atoms with van der Waals surface area (Å²) in [4.78, 5) is 9.80. The average Bonchev–Trinajstić information content (AvgIpc) is 3.35. The second-order valence-corrected chi connectivity index (χ2v) is 8.75. The Kier molecular flexibility index (Phi) is 6.42. The zero-order chi connectivity index (χ0) is 19.3. The van der Waals surface area contributed by atoms with Gasteiger partial charge < -0.3 is 19.5 Å². The minimum absolute atomic E-state index is 0.631. The molecule has 1 saturated heterocycles. The van der Waals surface area contributed by atoms with Crippen molar-refractivity contribution in [3.05, 3.63) is 42.2 Å². The van der Waals surface area contributed by atoms with Crippen molar-refractivity contribution in [2.45, 2.75) is 20.4 Å². The number of hydrogen-bond acceptors (Lipinski definition) is 6. The van der Waals surface area contributed by atoms with E-state index in [9.17, 15) is 0 Å². The summed E-state index contributed by atoms with van der Waals surface area (Å²) in [6.45, 7) is 13.5. The Hall–Kier alpha value is -1.73. The number of rotatable bonds is 8. The number of furan rings is 1. The van der Waals surface area contributed by atoms with Gasteiger partial charge in [0.05, 0.1) is 16.8 Å². The number of thiazole rings is 1. The number of para-hydroxylation sites is 1. The molecule has 1 fully saturated rings. The van der Waals surface area contributed by atoms with Gasteiger partial charge in [-0.1, -0.05) is 26.0 Å².